The maximum Gasteiger partial charge on any atom is 0.0352 e. The predicted molar refractivity (Wildman–Crippen MR) is 101 cm³/mol. The highest BCUT2D eigenvalue weighted by molar-refractivity contribution is 5.20. The Morgan fingerprint density at radius 1 is 0.875 bits per heavy atom. The molecule has 1 unspecified atom stereocenters. The standard InChI is InChI=1S/C21H29N3/c1-17(19-9-5-3-6-10-19)23-13-14-24(21(15-22)16-23)18(2)20-11-7-4-8-12-20/h3-12,17-18,21H,13-16,22H2,1-2H3/t17-,18-,21?/m0/s1. The summed E-state index contributed by atoms with van der Waals surface area (Å²) >= 11 is 0. The minimum atomic E-state index is 0.403. The van der Waals surface area contributed by atoms with Crippen molar-refractivity contribution in [2.24, 2.45) is 5.73 Å². The van der Waals surface area contributed by atoms with E-state index in [-0.39, 0.29) is 0 Å². The maximum atomic E-state index is 6.14. The molecule has 0 amide bonds. The van der Waals surface area contributed by atoms with Crippen molar-refractivity contribution < 1.29 is 0 Å². The molecule has 1 aliphatic rings. The molecule has 3 heteroatoms. The molecule has 0 aromatic heterocycles. The summed E-state index contributed by atoms with van der Waals surface area (Å²) in [6.45, 7) is 8.49. The first-order chi connectivity index (χ1) is 11.7. The predicted octanol–water partition coefficient (Wildman–Crippen LogP) is 3.45. The SMILES string of the molecule is C[C@@H](c1ccccc1)N1CCN([C@@H](C)c2ccccc2)C(CN)C1. The molecule has 1 heterocycles. The molecule has 2 aromatic rings. The number of rotatable bonds is 5. The van der Waals surface area contributed by atoms with Gasteiger partial charge in [0, 0.05) is 44.3 Å². The van der Waals surface area contributed by atoms with Gasteiger partial charge in [-0.1, -0.05) is 60.7 Å². The molecule has 0 aliphatic carbocycles. The van der Waals surface area contributed by atoms with Crippen molar-refractivity contribution in [2.45, 2.75) is 32.0 Å². The van der Waals surface area contributed by atoms with Gasteiger partial charge in [0.1, 0.15) is 0 Å². The molecular formula is C21H29N3. The summed E-state index contributed by atoms with van der Waals surface area (Å²) in [7, 11) is 0. The van der Waals surface area contributed by atoms with Crippen molar-refractivity contribution in [1.29, 1.82) is 0 Å². The molecule has 0 saturated carbocycles. The third kappa shape index (κ3) is 3.69. The smallest absolute Gasteiger partial charge is 0.0352 e. The van der Waals surface area contributed by atoms with Crippen LogP contribution in [0.1, 0.15) is 37.1 Å². The van der Waals surface area contributed by atoms with Gasteiger partial charge < -0.3 is 5.73 Å². The number of hydrogen-bond acceptors (Lipinski definition) is 3. The van der Waals surface area contributed by atoms with Crippen molar-refractivity contribution in [3.8, 4) is 0 Å². The Morgan fingerprint density at radius 3 is 1.96 bits per heavy atom. The second-order valence-electron chi connectivity index (χ2n) is 6.80. The zero-order chi connectivity index (χ0) is 16.9. The van der Waals surface area contributed by atoms with E-state index in [1.54, 1.807) is 0 Å². The van der Waals surface area contributed by atoms with Gasteiger partial charge >= 0.3 is 0 Å². The summed E-state index contributed by atoms with van der Waals surface area (Å²) in [6.07, 6.45) is 0. The van der Waals surface area contributed by atoms with Gasteiger partial charge in [-0.15, -0.1) is 0 Å². The van der Waals surface area contributed by atoms with E-state index in [1.165, 1.54) is 11.1 Å². The van der Waals surface area contributed by atoms with Crippen LogP contribution < -0.4 is 5.73 Å². The zero-order valence-corrected chi connectivity index (χ0v) is 14.8. The van der Waals surface area contributed by atoms with Crippen LogP contribution in [-0.4, -0.2) is 42.0 Å². The molecule has 3 nitrogen and oxygen atoms in total. The monoisotopic (exact) mass is 323 g/mol. The Hall–Kier alpha value is -1.68. The van der Waals surface area contributed by atoms with E-state index in [0.717, 1.165) is 19.6 Å². The Balaban J connectivity index is 1.70. The minimum absolute atomic E-state index is 0.403. The molecule has 128 valence electrons. The molecular weight excluding hydrogens is 294 g/mol. The van der Waals surface area contributed by atoms with Crippen LogP contribution in [-0.2, 0) is 0 Å². The molecule has 0 spiro atoms. The average molecular weight is 323 g/mol. The number of benzene rings is 2. The quantitative estimate of drug-likeness (QED) is 0.915. The summed E-state index contributed by atoms with van der Waals surface area (Å²) in [5, 5.41) is 0. The Labute approximate surface area is 146 Å². The summed E-state index contributed by atoms with van der Waals surface area (Å²) < 4.78 is 0. The van der Waals surface area contributed by atoms with E-state index in [1.807, 2.05) is 0 Å². The fourth-order valence-electron chi connectivity index (χ4n) is 3.83. The first-order valence-corrected chi connectivity index (χ1v) is 9.00. The Morgan fingerprint density at radius 2 is 1.42 bits per heavy atom. The largest absolute Gasteiger partial charge is 0.329 e. The lowest BCUT2D eigenvalue weighted by atomic mass is 10.00. The van der Waals surface area contributed by atoms with Crippen LogP contribution in [0.25, 0.3) is 0 Å². The number of piperazine rings is 1. The lowest BCUT2D eigenvalue weighted by molar-refractivity contribution is 0.0309. The molecule has 2 aromatic carbocycles. The van der Waals surface area contributed by atoms with Crippen LogP contribution in [0.15, 0.2) is 60.7 Å². The Bertz CT molecular complexity index is 613. The average Bonchev–Trinajstić information content (AvgIpc) is 2.67. The number of hydrogen-bond donors (Lipinski definition) is 1. The van der Waals surface area contributed by atoms with Gasteiger partial charge in [0.2, 0.25) is 0 Å². The highest BCUT2D eigenvalue weighted by Gasteiger charge is 2.31. The van der Waals surface area contributed by atoms with Crippen LogP contribution in [0.3, 0.4) is 0 Å². The second-order valence-corrected chi connectivity index (χ2v) is 6.80. The van der Waals surface area contributed by atoms with Crippen LogP contribution in [0.4, 0.5) is 0 Å². The second kappa shape index (κ2) is 7.93. The first-order valence-electron chi connectivity index (χ1n) is 9.00. The highest BCUT2D eigenvalue weighted by atomic mass is 15.3. The summed E-state index contributed by atoms with van der Waals surface area (Å²) in [6, 6.07) is 22.8. The van der Waals surface area contributed by atoms with Crippen molar-refractivity contribution in [2.75, 3.05) is 26.2 Å². The lowest BCUT2D eigenvalue weighted by Gasteiger charge is -2.46. The highest BCUT2D eigenvalue weighted by Crippen LogP contribution is 2.28. The van der Waals surface area contributed by atoms with E-state index in [4.69, 9.17) is 5.73 Å². The van der Waals surface area contributed by atoms with E-state index in [9.17, 15) is 0 Å². The topological polar surface area (TPSA) is 32.5 Å². The van der Waals surface area contributed by atoms with E-state index >= 15 is 0 Å². The van der Waals surface area contributed by atoms with Crippen molar-refractivity contribution in [3.05, 3.63) is 71.8 Å². The van der Waals surface area contributed by atoms with Crippen LogP contribution in [0.5, 0.6) is 0 Å². The third-order valence-electron chi connectivity index (χ3n) is 5.44. The summed E-state index contributed by atoms with van der Waals surface area (Å²) in [5.74, 6) is 0. The van der Waals surface area contributed by atoms with E-state index in [0.29, 0.717) is 24.7 Å². The molecule has 0 radical (unpaired) electrons. The molecule has 1 aliphatic heterocycles. The van der Waals surface area contributed by atoms with Crippen molar-refractivity contribution in [1.82, 2.24) is 9.80 Å². The number of nitrogens with zero attached hydrogens (tertiary/aromatic N) is 2. The van der Waals surface area contributed by atoms with Gasteiger partial charge in [-0.05, 0) is 25.0 Å². The fourth-order valence-corrected chi connectivity index (χ4v) is 3.83. The van der Waals surface area contributed by atoms with Gasteiger partial charge in [-0.2, -0.15) is 0 Å². The van der Waals surface area contributed by atoms with Gasteiger partial charge in [0.15, 0.2) is 0 Å². The molecule has 3 atom stereocenters. The van der Waals surface area contributed by atoms with Crippen LogP contribution in [0, 0.1) is 0 Å². The van der Waals surface area contributed by atoms with Crippen LogP contribution >= 0.6 is 0 Å². The summed E-state index contributed by atoms with van der Waals surface area (Å²) in [5.41, 5.74) is 8.90. The zero-order valence-electron chi connectivity index (χ0n) is 14.8. The molecule has 1 saturated heterocycles. The van der Waals surface area contributed by atoms with Crippen LogP contribution in [0.2, 0.25) is 0 Å². The summed E-state index contributed by atoms with van der Waals surface area (Å²) in [4.78, 5) is 5.14. The van der Waals surface area contributed by atoms with Gasteiger partial charge in [0.05, 0.1) is 0 Å². The third-order valence-corrected chi connectivity index (χ3v) is 5.44. The molecule has 3 rings (SSSR count). The molecule has 2 N–H and O–H groups in total. The lowest BCUT2D eigenvalue weighted by Crippen LogP contribution is -2.56. The molecule has 1 fully saturated rings. The number of nitrogens with two attached hydrogens (primary N) is 1. The van der Waals surface area contributed by atoms with Gasteiger partial charge in [-0.25, -0.2) is 0 Å². The first kappa shape index (κ1) is 17.2. The molecule has 24 heavy (non-hydrogen) atoms. The van der Waals surface area contributed by atoms with Gasteiger partial charge in [0.25, 0.3) is 0 Å². The van der Waals surface area contributed by atoms with Crippen molar-refractivity contribution >= 4 is 0 Å². The normalized spacial score (nSPS) is 22.2. The Kier molecular flexibility index (Phi) is 5.67. The van der Waals surface area contributed by atoms with E-state index < -0.39 is 0 Å². The molecule has 0 bridgehead atoms. The van der Waals surface area contributed by atoms with Crippen molar-refractivity contribution in [3.63, 3.8) is 0 Å². The minimum Gasteiger partial charge on any atom is -0.329 e. The van der Waals surface area contributed by atoms with Gasteiger partial charge in [-0.3, -0.25) is 9.80 Å². The van der Waals surface area contributed by atoms with E-state index in [2.05, 4.69) is 84.3 Å². The maximum absolute atomic E-state index is 6.14. The fraction of sp³-hybridized carbons (Fsp3) is 0.429.